The number of aromatic nitrogens is 3. The fourth-order valence-corrected chi connectivity index (χ4v) is 1.88. The van der Waals surface area contributed by atoms with Crippen LogP contribution in [0, 0.1) is 0 Å². The summed E-state index contributed by atoms with van der Waals surface area (Å²) in [5.74, 6) is 0.817. The standard InChI is InChI=1S/C10H13N5.3BrH/c1-2-8-9(12-4-1)15-10(14-8)13-7-3-5-11-6-7;;;/h1-2,4,7,11H,3,5-6H2,(H2,12,13,14,15);3*1H. The number of anilines is 1. The molecule has 3 N–H and O–H groups in total. The van der Waals surface area contributed by atoms with Gasteiger partial charge in [-0.05, 0) is 25.1 Å². The van der Waals surface area contributed by atoms with Crippen LogP contribution in [0.25, 0.3) is 11.2 Å². The zero-order valence-corrected chi connectivity index (χ0v) is 14.7. The lowest BCUT2D eigenvalue weighted by Crippen LogP contribution is -2.22. The fraction of sp³-hybridized carbons (Fsp3) is 0.400. The zero-order chi connectivity index (χ0) is 10.1. The SMILES string of the molecule is Br.Br.Br.c1cnc2nc(NC3CCNC3)[nH]c2c1. The van der Waals surface area contributed by atoms with E-state index in [9.17, 15) is 0 Å². The van der Waals surface area contributed by atoms with E-state index in [1.165, 1.54) is 0 Å². The second-order valence-electron chi connectivity index (χ2n) is 3.79. The van der Waals surface area contributed by atoms with Crippen LogP contribution in [0.2, 0.25) is 0 Å². The van der Waals surface area contributed by atoms with E-state index in [1.54, 1.807) is 6.20 Å². The molecule has 0 amide bonds. The summed E-state index contributed by atoms with van der Waals surface area (Å²) in [5, 5.41) is 6.67. The lowest BCUT2D eigenvalue weighted by atomic mass is 10.3. The molecule has 5 nitrogen and oxygen atoms in total. The minimum atomic E-state index is 0. The smallest absolute Gasteiger partial charge is 0.202 e. The maximum Gasteiger partial charge on any atom is 0.202 e. The van der Waals surface area contributed by atoms with Gasteiger partial charge in [-0.1, -0.05) is 0 Å². The van der Waals surface area contributed by atoms with Gasteiger partial charge >= 0.3 is 0 Å². The number of H-pyrrole nitrogens is 1. The van der Waals surface area contributed by atoms with Gasteiger partial charge in [-0.25, -0.2) is 4.98 Å². The first-order valence-corrected chi connectivity index (χ1v) is 5.20. The van der Waals surface area contributed by atoms with Crippen LogP contribution in [0.5, 0.6) is 0 Å². The van der Waals surface area contributed by atoms with E-state index in [0.29, 0.717) is 6.04 Å². The number of nitrogens with zero attached hydrogens (tertiary/aromatic N) is 2. The van der Waals surface area contributed by atoms with E-state index in [2.05, 4.69) is 25.6 Å². The number of aromatic amines is 1. The summed E-state index contributed by atoms with van der Waals surface area (Å²) in [6, 6.07) is 4.36. The molecule has 0 aliphatic carbocycles. The highest BCUT2D eigenvalue weighted by molar-refractivity contribution is 8.93. The number of halogens is 3. The molecule has 0 bridgehead atoms. The van der Waals surface area contributed by atoms with Crippen molar-refractivity contribution in [2.75, 3.05) is 18.4 Å². The minimum Gasteiger partial charge on any atom is -0.352 e. The first-order chi connectivity index (χ1) is 7.42. The molecule has 1 aliphatic heterocycles. The van der Waals surface area contributed by atoms with Crippen molar-refractivity contribution in [3.63, 3.8) is 0 Å². The van der Waals surface area contributed by atoms with E-state index in [0.717, 1.165) is 36.6 Å². The predicted octanol–water partition coefficient (Wildman–Crippen LogP) is 2.47. The molecule has 0 saturated carbocycles. The highest BCUT2D eigenvalue weighted by atomic mass is 79.9. The third kappa shape index (κ3) is 3.91. The average molecular weight is 446 g/mol. The molecule has 3 rings (SSSR count). The number of fused-ring (bicyclic) bond motifs is 1. The van der Waals surface area contributed by atoms with Gasteiger partial charge in [0.25, 0.3) is 0 Å². The summed E-state index contributed by atoms with van der Waals surface area (Å²) in [4.78, 5) is 11.8. The van der Waals surface area contributed by atoms with Gasteiger partial charge in [-0.15, -0.1) is 50.9 Å². The number of pyridine rings is 1. The first-order valence-electron chi connectivity index (χ1n) is 5.20. The third-order valence-corrected chi connectivity index (χ3v) is 2.66. The molecule has 0 radical (unpaired) electrons. The molecule has 1 unspecified atom stereocenters. The topological polar surface area (TPSA) is 65.6 Å². The monoisotopic (exact) mass is 443 g/mol. The van der Waals surface area contributed by atoms with E-state index in [-0.39, 0.29) is 50.9 Å². The van der Waals surface area contributed by atoms with Crippen LogP contribution in [-0.4, -0.2) is 34.1 Å². The van der Waals surface area contributed by atoms with Crippen molar-refractivity contribution in [3.05, 3.63) is 18.3 Å². The second-order valence-corrected chi connectivity index (χ2v) is 3.79. The van der Waals surface area contributed by atoms with Crippen LogP contribution in [0.4, 0.5) is 5.95 Å². The molecule has 0 spiro atoms. The molecule has 8 heteroatoms. The quantitative estimate of drug-likeness (QED) is 0.664. The molecule has 1 fully saturated rings. The van der Waals surface area contributed by atoms with Gasteiger partial charge < -0.3 is 15.6 Å². The number of rotatable bonds is 2. The molecule has 3 heterocycles. The molecule has 1 atom stereocenters. The number of hydrogen-bond donors (Lipinski definition) is 3. The molecule has 102 valence electrons. The second kappa shape index (κ2) is 8.08. The Kier molecular flexibility index (Phi) is 8.00. The Labute approximate surface area is 137 Å². The van der Waals surface area contributed by atoms with Gasteiger partial charge in [0.1, 0.15) is 0 Å². The van der Waals surface area contributed by atoms with Crippen LogP contribution in [-0.2, 0) is 0 Å². The van der Waals surface area contributed by atoms with Gasteiger partial charge in [-0.3, -0.25) is 0 Å². The summed E-state index contributed by atoms with van der Waals surface area (Å²) in [7, 11) is 0. The Bertz CT molecular complexity index is 436. The molecule has 0 aromatic carbocycles. The van der Waals surface area contributed by atoms with Crippen molar-refractivity contribution in [1.82, 2.24) is 20.3 Å². The number of imidazole rings is 1. The molecular weight excluding hydrogens is 430 g/mol. The van der Waals surface area contributed by atoms with Crippen LogP contribution >= 0.6 is 50.9 Å². The van der Waals surface area contributed by atoms with E-state index in [1.807, 2.05) is 12.1 Å². The van der Waals surface area contributed by atoms with E-state index >= 15 is 0 Å². The maximum atomic E-state index is 4.37. The Balaban J connectivity index is 0.000000963. The molecular formula is C10H16Br3N5. The third-order valence-electron chi connectivity index (χ3n) is 2.66. The summed E-state index contributed by atoms with van der Waals surface area (Å²) >= 11 is 0. The summed E-state index contributed by atoms with van der Waals surface area (Å²) in [5.41, 5.74) is 1.75. The summed E-state index contributed by atoms with van der Waals surface area (Å²) < 4.78 is 0. The highest BCUT2D eigenvalue weighted by Crippen LogP contribution is 2.13. The fourth-order valence-electron chi connectivity index (χ4n) is 1.88. The van der Waals surface area contributed by atoms with Gasteiger partial charge in [0.15, 0.2) is 5.65 Å². The highest BCUT2D eigenvalue weighted by Gasteiger charge is 2.15. The van der Waals surface area contributed by atoms with E-state index in [4.69, 9.17) is 0 Å². The average Bonchev–Trinajstić information content (AvgIpc) is 2.86. The maximum absolute atomic E-state index is 4.37. The number of nitrogens with one attached hydrogen (secondary N) is 3. The Morgan fingerprint density at radius 2 is 2.11 bits per heavy atom. The Hall–Kier alpha value is -0.180. The van der Waals surface area contributed by atoms with Crippen molar-refractivity contribution >= 4 is 68.1 Å². The zero-order valence-electron chi connectivity index (χ0n) is 9.55. The number of hydrogen-bond acceptors (Lipinski definition) is 4. The van der Waals surface area contributed by atoms with Crippen LogP contribution < -0.4 is 10.6 Å². The normalized spacial score (nSPS) is 17.4. The van der Waals surface area contributed by atoms with Crippen LogP contribution in [0.1, 0.15) is 6.42 Å². The Morgan fingerprint density at radius 1 is 1.28 bits per heavy atom. The van der Waals surface area contributed by atoms with Crippen molar-refractivity contribution in [2.45, 2.75) is 12.5 Å². The lowest BCUT2D eigenvalue weighted by molar-refractivity contribution is 0.784. The predicted molar refractivity (Wildman–Crippen MR) is 89.8 cm³/mol. The van der Waals surface area contributed by atoms with Crippen molar-refractivity contribution in [2.24, 2.45) is 0 Å². The van der Waals surface area contributed by atoms with Gasteiger partial charge in [-0.2, -0.15) is 4.98 Å². The van der Waals surface area contributed by atoms with E-state index < -0.39 is 0 Å². The van der Waals surface area contributed by atoms with Crippen molar-refractivity contribution in [3.8, 4) is 0 Å². The van der Waals surface area contributed by atoms with Gasteiger partial charge in [0.2, 0.25) is 5.95 Å². The molecule has 1 saturated heterocycles. The molecule has 2 aromatic heterocycles. The Morgan fingerprint density at radius 3 is 2.78 bits per heavy atom. The molecule has 18 heavy (non-hydrogen) atoms. The largest absolute Gasteiger partial charge is 0.352 e. The van der Waals surface area contributed by atoms with Crippen LogP contribution in [0.3, 0.4) is 0 Å². The van der Waals surface area contributed by atoms with Crippen LogP contribution in [0.15, 0.2) is 18.3 Å². The minimum absolute atomic E-state index is 0. The van der Waals surface area contributed by atoms with Crippen molar-refractivity contribution in [1.29, 1.82) is 0 Å². The first kappa shape index (κ1) is 17.8. The molecule has 1 aliphatic rings. The lowest BCUT2D eigenvalue weighted by Gasteiger charge is -2.08. The van der Waals surface area contributed by atoms with Crippen molar-refractivity contribution < 1.29 is 0 Å². The molecule has 2 aromatic rings. The summed E-state index contributed by atoms with van der Waals surface area (Å²) in [6.45, 7) is 2.08. The van der Waals surface area contributed by atoms with Gasteiger partial charge in [0.05, 0.1) is 5.52 Å². The summed E-state index contributed by atoms with van der Waals surface area (Å²) in [6.07, 6.45) is 2.90. The van der Waals surface area contributed by atoms with Gasteiger partial charge in [0, 0.05) is 18.8 Å².